The van der Waals surface area contributed by atoms with E-state index in [0.29, 0.717) is 22.6 Å². The molecule has 2 aromatic carbocycles. The van der Waals surface area contributed by atoms with Crippen molar-refractivity contribution in [1.29, 1.82) is 0 Å². The maximum absolute atomic E-state index is 13.1. The summed E-state index contributed by atoms with van der Waals surface area (Å²) in [5.74, 6) is 0.854. The zero-order valence-electron chi connectivity index (χ0n) is 15.3. The number of halogens is 1. The van der Waals surface area contributed by atoms with Gasteiger partial charge in [-0.15, -0.1) is 0 Å². The van der Waals surface area contributed by atoms with Crippen LogP contribution in [0.25, 0.3) is 6.08 Å². The van der Waals surface area contributed by atoms with E-state index in [1.807, 2.05) is 26.0 Å². The van der Waals surface area contributed by atoms with E-state index in [2.05, 4.69) is 21.2 Å². The second-order valence-electron chi connectivity index (χ2n) is 6.71. The molecule has 2 aromatic rings. The summed E-state index contributed by atoms with van der Waals surface area (Å²) in [5.41, 5.74) is 1.79. The smallest absolute Gasteiger partial charge is 0.235 e. The fourth-order valence-corrected chi connectivity index (χ4v) is 2.95. The number of hydrogen-bond donors (Lipinski definition) is 1. The van der Waals surface area contributed by atoms with Gasteiger partial charge in [-0.2, -0.15) is 0 Å². The summed E-state index contributed by atoms with van der Waals surface area (Å²) in [7, 11) is 1.53. The van der Waals surface area contributed by atoms with Gasteiger partial charge in [0.25, 0.3) is 0 Å². The molecule has 0 aliphatic carbocycles. The van der Waals surface area contributed by atoms with Crippen LogP contribution >= 0.6 is 15.9 Å². The minimum absolute atomic E-state index is 0.134. The van der Waals surface area contributed by atoms with Crippen LogP contribution in [0.3, 0.4) is 0 Å². The lowest BCUT2D eigenvalue weighted by molar-refractivity contribution is -0.113. The summed E-state index contributed by atoms with van der Waals surface area (Å²) >= 11 is 3.11. The molecule has 1 heterocycles. The molecule has 27 heavy (non-hydrogen) atoms. The topological polar surface area (TPSA) is 64.6 Å². The zero-order chi connectivity index (χ0) is 19.6. The monoisotopic (exact) mass is 429 g/mol. The number of methoxy groups -OCH3 is 1. The number of ketones is 1. The number of fused-ring (bicyclic) bond motifs is 1. The number of nitrogens with one attached hydrogen (secondary N) is 1. The second kappa shape index (κ2) is 7.56. The van der Waals surface area contributed by atoms with Gasteiger partial charge in [0, 0.05) is 22.8 Å². The third kappa shape index (κ3) is 4.22. The van der Waals surface area contributed by atoms with Gasteiger partial charge >= 0.3 is 0 Å². The van der Waals surface area contributed by atoms with Crippen molar-refractivity contribution in [3.05, 3.63) is 59.2 Å². The van der Waals surface area contributed by atoms with Crippen molar-refractivity contribution >= 4 is 39.4 Å². The van der Waals surface area contributed by atoms with Crippen molar-refractivity contribution in [2.45, 2.75) is 19.4 Å². The molecule has 3 rings (SSSR count). The first-order valence-electron chi connectivity index (χ1n) is 8.44. The van der Waals surface area contributed by atoms with E-state index in [0.717, 1.165) is 11.3 Å². The number of amides is 1. The third-order valence-corrected chi connectivity index (χ3v) is 4.69. The van der Waals surface area contributed by atoms with Gasteiger partial charge in [0.1, 0.15) is 17.1 Å². The van der Waals surface area contributed by atoms with E-state index in [-0.39, 0.29) is 22.6 Å². The van der Waals surface area contributed by atoms with Gasteiger partial charge in [-0.25, -0.2) is 0 Å². The third-order valence-electron chi connectivity index (χ3n) is 4.18. The predicted molar refractivity (Wildman–Crippen MR) is 109 cm³/mol. The van der Waals surface area contributed by atoms with Crippen LogP contribution in [0.5, 0.6) is 11.5 Å². The van der Waals surface area contributed by atoms with Gasteiger partial charge in [-0.3, -0.25) is 9.59 Å². The number of ether oxygens (including phenoxy) is 2. The molecule has 0 unspecified atom stereocenters. The van der Waals surface area contributed by atoms with Crippen LogP contribution in [0.2, 0.25) is 0 Å². The Labute approximate surface area is 166 Å². The minimum Gasteiger partial charge on any atom is -0.497 e. The Kier molecular flexibility index (Phi) is 5.37. The van der Waals surface area contributed by atoms with Crippen molar-refractivity contribution in [2.75, 3.05) is 17.8 Å². The Morgan fingerprint density at radius 1 is 1.19 bits per heavy atom. The SMILES string of the molecule is COc1ccc(C(=O)c2ccc3c(c2)C=CC(C)(C)O3)c(NC(=O)CBr)c1. The molecule has 0 spiro atoms. The first kappa shape index (κ1) is 19.2. The Bertz CT molecular complexity index is 934. The second-order valence-corrected chi connectivity index (χ2v) is 7.27. The highest BCUT2D eigenvalue weighted by molar-refractivity contribution is 9.09. The van der Waals surface area contributed by atoms with E-state index in [9.17, 15) is 9.59 Å². The Hall–Kier alpha value is -2.60. The Balaban J connectivity index is 1.97. The number of benzene rings is 2. The zero-order valence-corrected chi connectivity index (χ0v) is 16.9. The van der Waals surface area contributed by atoms with Gasteiger partial charge in [0.05, 0.1) is 18.1 Å². The van der Waals surface area contributed by atoms with Gasteiger partial charge in [0.2, 0.25) is 5.91 Å². The molecule has 0 radical (unpaired) electrons. The fourth-order valence-electron chi connectivity index (χ4n) is 2.81. The number of anilines is 1. The average Bonchev–Trinajstić information content (AvgIpc) is 2.66. The predicted octanol–water partition coefficient (Wildman–Crippen LogP) is 4.44. The quantitative estimate of drug-likeness (QED) is 0.563. The van der Waals surface area contributed by atoms with Gasteiger partial charge in [-0.05, 0) is 50.3 Å². The molecule has 1 amide bonds. The van der Waals surface area contributed by atoms with E-state index in [1.165, 1.54) is 7.11 Å². The molecule has 0 saturated carbocycles. The molecule has 0 fully saturated rings. The van der Waals surface area contributed by atoms with Crippen molar-refractivity contribution in [2.24, 2.45) is 0 Å². The van der Waals surface area contributed by atoms with E-state index in [4.69, 9.17) is 9.47 Å². The highest BCUT2D eigenvalue weighted by Gasteiger charge is 2.23. The lowest BCUT2D eigenvalue weighted by Gasteiger charge is -2.28. The summed E-state index contributed by atoms with van der Waals surface area (Å²) in [6.07, 6.45) is 3.91. The lowest BCUT2D eigenvalue weighted by Crippen LogP contribution is -2.27. The number of carbonyl (C=O) groups excluding carboxylic acids is 2. The Morgan fingerprint density at radius 2 is 1.96 bits per heavy atom. The van der Waals surface area contributed by atoms with Crippen LogP contribution < -0.4 is 14.8 Å². The van der Waals surface area contributed by atoms with Crippen molar-refractivity contribution < 1.29 is 19.1 Å². The first-order valence-corrected chi connectivity index (χ1v) is 9.56. The number of rotatable bonds is 5. The maximum Gasteiger partial charge on any atom is 0.235 e. The van der Waals surface area contributed by atoms with Crippen molar-refractivity contribution in [1.82, 2.24) is 0 Å². The van der Waals surface area contributed by atoms with Crippen molar-refractivity contribution in [3.8, 4) is 11.5 Å². The number of carbonyl (C=O) groups is 2. The highest BCUT2D eigenvalue weighted by Crippen LogP contribution is 2.33. The van der Waals surface area contributed by atoms with Gasteiger partial charge in [-0.1, -0.05) is 22.0 Å². The molecule has 140 valence electrons. The lowest BCUT2D eigenvalue weighted by atomic mass is 9.96. The summed E-state index contributed by atoms with van der Waals surface area (Å²) in [6.45, 7) is 3.95. The van der Waals surface area contributed by atoms with Crippen molar-refractivity contribution in [3.63, 3.8) is 0 Å². The van der Waals surface area contributed by atoms with Gasteiger partial charge in [0.15, 0.2) is 5.78 Å². The van der Waals surface area contributed by atoms with Gasteiger partial charge < -0.3 is 14.8 Å². The maximum atomic E-state index is 13.1. The molecule has 5 nitrogen and oxygen atoms in total. The molecule has 6 heteroatoms. The molecule has 1 aliphatic heterocycles. The molecule has 0 atom stereocenters. The van der Waals surface area contributed by atoms with Crippen LogP contribution in [-0.2, 0) is 4.79 Å². The minimum atomic E-state index is -0.373. The molecular formula is C21H20BrNO4. The van der Waals surface area contributed by atoms with E-state index >= 15 is 0 Å². The summed E-state index contributed by atoms with van der Waals surface area (Å²) < 4.78 is 11.1. The summed E-state index contributed by atoms with van der Waals surface area (Å²) in [4.78, 5) is 24.9. The van der Waals surface area contributed by atoms with Crippen LogP contribution in [0, 0.1) is 0 Å². The molecule has 0 aromatic heterocycles. The molecule has 0 saturated heterocycles. The van der Waals surface area contributed by atoms with Crippen LogP contribution in [0.15, 0.2) is 42.5 Å². The Morgan fingerprint density at radius 3 is 2.67 bits per heavy atom. The fraction of sp³-hybridized carbons (Fsp3) is 0.238. The molecule has 1 aliphatic rings. The molecule has 0 bridgehead atoms. The van der Waals surface area contributed by atoms with E-state index < -0.39 is 0 Å². The van der Waals surface area contributed by atoms with Crippen LogP contribution in [-0.4, -0.2) is 29.7 Å². The average molecular weight is 430 g/mol. The number of alkyl halides is 1. The normalized spacial score (nSPS) is 14.1. The van der Waals surface area contributed by atoms with Crippen LogP contribution in [0.1, 0.15) is 35.3 Å². The largest absolute Gasteiger partial charge is 0.497 e. The van der Waals surface area contributed by atoms with E-state index in [1.54, 1.807) is 36.4 Å². The molecular weight excluding hydrogens is 410 g/mol. The number of hydrogen-bond acceptors (Lipinski definition) is 4. The summed E-state index contributed by atoms with van der Waals surface area (Å²) in [5, 5.41) is 2.87. The standard InChI is InChI=1S/C21H20BrNO4/c1-21(2)9-8-13-10-14(4-7-18(13)27-21)20(25)16-6-5-15(26-3)11-17(16)23-19(24)12-22/h4-11H,12H2,1-3H3,(H,23,24). The molecule has 1 N–H and O–H groups in total. The van der Waals surface area contributed by atoms with Crippen LogP contribution in [0.4, 0.5) is 5.69 Å². The summed E-state index contributed by atoms with van der Waals surface area (Å²) in [6, 6.07) is 10.3. The highest BCUT2D eigenvalue weighted by atomic mass is 79.9. The first-order chi connectivity index (χ1) is 12.8.